The zero-order valence-electron chi connectivity index (χ0n) is 27.2. The Labute approximate surface area is 292 Å². The number of carbonyl (C=O) groups excluding carboxylic acids is 3. The summed E-state index contributed by atoms with van der Waals surface area (Å²) in [6.45, 7) is 5.15. The summed E-state index contributed by atoms with van der Waals surface area (Å²) in [5.74, 6) is -2.97. The van der Waals surface area contributed by atoms with E-state index in [1.165, 1.54) is 4.90 Å². The lowest BCUT2D eigenvalue weighted by atomic mass is 10.0. The number of aromatic amines is 2. The predicted octanol–water partition coefficient (Wildman–Crippen LogP) is 8.18. The van der Waals surface area contributed by atoms with Crippen molar-refractivity contribution in [3.8, 4) is 0 Å². The van der Waals surface area contributed by atoms with Crippen LogP contribution in [0.2, 0.25) is 10.0 Å². The van der Waals surface area contributed by atoms with Crippen LogP contribution in [0.5, 0.6) is 0 Å². The second-order valence-electron chi connectivity index (χ2n) is 11.9. The number of aromatic nitrogens is 4. The fourth-order valence-electron chi connectivity index (χ4n) is 5.79. The third-order valence-corrected chi connectivity index (χ3v) is 8.71. The molecule has 0 atom stereocenters. The molecule has 2 aromatic carbocycles. The van der Waals surface area contributed by atoms with Crippen molar-refractivity contribution < 1.29 is 23.2 Å². The summed E-state index contributed by atoms with van der Waals surface area (Å²) in [6, 6.07) is 13.2. The highest BCUT2D eigenvalue weighted by Gasteiger charge is 2.39. The molecule has 15 heteroatoms. The van der Waals surface area contributed by atoms with E-state index < -0.39 is 5.92 Å². The molecule has 49 heavy (non-hydrogen) atoms. The molecule has 11 nitrogen and oxygen atoms in total. The molecule has 0 saturated carbocycles. The zero-order valence-corrected chi connectivity index (χ0v) is 28.7. The molecule has 0 bridgehead atoms. The quantitative estimate of drug-likeness (QED) is 0.136. The molecular formula is C34H38Cl2F2N8O3. The monoisotopic (exact) mass is 714 g/mol. The summed E-state index contributed by atoms with van der Waals surface area (Å²) in [5.41, 5.74) is 4.31. The van der Waals surface area contributed by atoms with E-state index in [2.05, 4.69) is 31.0 Å². The SMILES string of the molecule is CCCC(=O)c1n[nH]c2c1CN(C(=O)Nc1cccc(Cl)c1)CC2.CCCC(F)(F)c1n[nH]c2c1CN(C(=O)Nc1cccc(Cl)c1)CC2. The smallest absolute Gasteiger partial charge is 0.320 e. The zero-order chi connectivity index (χ0) is 35.1. The second kappa shape index (κ2) is 15.8. The number of fused-ring (bicyclic) bond motifs is 2. The predicted molar refractivity (Wildman–Crippen MR) is 184 cm³/mol. The van der Waals surface area contributed by atoms with Gasteiger partial charge in [0, 0.05) is 82.7 Å². The second-order valence-corrected chi connectivity index (χ2v) is 12.8. The van der Waals surface area contributed by atoms with Crippen molar-refractivity contribution >= 4 is 52.4 Å². The molecule has 0 radical (unpaired) electrons. The summed E-state index contributed by atoms with van der Waals surface area (Å²) in [5, 5.41) is 20.3. The molecule has 2 aliphatic rings. The van der Waals surface area contributed by atoms with Gasteiger partial charge in [0.25, 0.3) is 5.92 Å². The fraction of sp³-hybridized carbons (Fsp3) is 0.382. The lowest BCUT2D eigenvalue weighted by molar-refractivity contribution is -0.0198. The minimum atomic E-state index is -2.99. The lowest BCUT2D eigenvalue weighted by Gasteiger charge is -2.28. The highest BCUT2D eigenvalue weighted by atomic mass is 35.5. The van der Waals surface area contributed by atoms with Gasteiger partial charge in [-0.3, -0.25) is 15.0 Å². The Bertz CT molecular complexity index is 1810. The van der Waals surface area contributed by atoms with E-state index in [1.807, 2.05) is 6.92 Å². The van der Waals surface area contributed by atoms with Crippen molar-refractivity contribution in [1.82, 2.24) is 30.2 Å². The summed E-state index contributed by atoms with van der Waals surface area (Å²) in [6.07, 6.45) is 2.45. The van der Waals surface area contributed by atoms with Gasteiger partial charge in [-0.2, -0.15) is 19.0 Å². The van der Waals surface area contributed by atoms with Gasteiger partial charge >= 0.3 is 12.1 Å². The van der Waals surface area contributed by atoms with Crippen LogP contribution in [0.1, 0.15) is 78.2 Å². The average molecular weight is 716 g/mol. The Hall–Kier alpha value is -4.49. The van der Waals surface area contributed by atoms with Crippen molar-refractivity contribution in [2.45, 2.75) is 71.4 Å². The van der Waals surface area contributed by atoms with Crippen LogP contribution in [0, 0.1) is 0 Å². The lowest BCUT2D eigenvalue weighted by Crippen LogP contribution is -2.39. The third-order valence-electron chi connectivity index (χ3n) is 8.24. The number of hydrogen-bond acceptors (Lipinski definition) is 5. The van der Waals surface area contributed by atoms with Crippen LogP contribution in [-0.2, 0) is 31.9 Å². The number of halogens is 4. The molecule has 2 aromatic heterocycles. The maximum Gasteiger partial charge on any atom is 0.322 e. The number of ketones is 1. The number of carbonyl (C=O) groups is 3. The molecular weight excluding hydrogens is 677 g/mol. The number of hydrogen-bond donors (Lipinski definition) is 4. The number of anilines is 2. The van der Waals surface area contributed by atoms with Crippen molar-refractivity contribution in [2.75, 3.05) is 23.7 Å². The number of amides is 4. The maximum absolute atomic E-state index is 14.3. The number of H-pyrrole nitrogens is 2. The number of Topliss-reactive ketones (excluding diaryl/α,β-unsaturated/α-hetero) is 1. The Morgan fingerprint density at radius 3 is 1.88 bits per heavy atom. The van der Waals surface area contributed by atoms with Gasteiger partial charge < -0.3 is 20.4 Å². The largest absolute Gasteiger partial charge is 0.322 e. The van der Waals surface area contributed by atoms with Crippen LogP contribution < -0.4 is 10.6 Å². The van der Waals surface area contributed by atoms with E-state index >= 15 is 0 Å². The number of rotatable bonds is 8. The minimum Gasteiger partial charge on any atom is -0.320 e. The molecule has 2 aliphatic heterocycles. The van der Waals surface area contributed by atoms with E-state index in [0.717, 1.165) is 17.7 Å². The van der Waals surface area contributed by atoms with Gasteiger partial charge in [0.2, 0.25) is 0 Å². The van der Waals surface area contributed by atoms with Gasteiger partial charge in [0.15, 0.2) is 5.78 Å². The molecule has 0 spiro atoms. The molecule has 0 aliphatic carbocycles. The molecule has 0 saturated heterocycles. The molecule has 4 aromatic rings. The highest BCUT2D eigenvalue weighted by Crippen LogP contribution is 2.36. The summed E-state index contributed by atoms with van der Waals surface area (Å²) >= 11 is 11.8. The molecule has 4 N–H and O–H groups in total. The summed E-state index contributed by atoms with van der Waals surface area (Å²) < 4.78 is 28.6. The standard InChI is InChI=1S/C17H19ClF2N4O.C17H19ClN4O2/c1-2-7-17(19,20)15-13-10-24(8-6-14(13)22-23-15)16(25)21-12-5-3-4-11(18)9-12;1-2-4-15(23)16-13-10-22(8-7-14(13)20-21-16)17(24)19-12-6-3-5-11(18)9-12/h3-5,9H,2,6-8,10H2,1H3,(H,21,25)(H,22,23);3,5-6,9H,2,4,7-8,10H2,1H3,(H,19,24)(H,20,21). The Morgan fingerprint density at radius 2 is 1.35 bits per heavy atom. The van der Waals surface area contributed by atoms with Crippen LogP contribution in [0.15, 0.2) is 48.5 Å². The van der Waals surface area contributed by atoms with E-state index in [1.54, 1.807) is 60.4 Å². The number of alkyl halides is 2. The van der Waals surface area contributed by atoms with Crippen LogP contribution in [0.4, 0.5) is 29.7 Å². The van der Waals surface area contributed by atoms with Gasteiger partial charge in [-0.25, -0.2) is 9.59 Å². The van der Waals surface area contributed by atoms with Gasteiger partial charge in [-0.15, -0.1) is 0 Å². The maximum atomic E-state index is 14.3. The highest BCUT2D eigenvalue weighted by molar-refractivity contribution is 6.31. The van der Waals surface area contributed by atoms with Crippen LogP contribution in [-0.4, -0.2) is 61.1 Å². The van der Waals surface area contributed by atoms with Crippen molar-refractivity contribution in [2.24, 2.45) is 0 Å². The molecule has 0 unspecified atom stereocenters. The van der Waals surface area contributed by atoms with E-state index in [0.29, 0.717) is 83.7 Å². The van der Waals surface area contributed by atoms with Crippen molar-refractivity contribution in [3.63, 3.8) is 0 Å². The Morgan fingerprint density at radius 1 is 0.816 bits per heavy atom. The van der Waals surface area contributed by atoms with E-state index in [-0.39, 0.29) is 36.5 Å². The molecule has 260 valence electrons. The molecule has 4 heterocycles. The number of nitrogens with one attached hydrogen (secondary N) is 4. The van der Waals surface area contributed by atoms with Crippen LogP contribution in [0.25, 0.3) is 0 Å². The average Bonchev–Trinajstić information content (AvgIpc) is 3.70. The number of nitrogens with zero attached hydrogens (tertiary/aromatic N) is 4. The molecule has 4 amide bonds. The number of urea groups is 2. The van der Waals surface area contributed by atoms with Crippen LogP contribution >= 0.6 is 23.2 Å². The van der Waals surface area contributed by atoms with Gasteiger partial charge in [0.05, 0.1) is 13.1 Å². The Kier molecular flexibility index (Phi) is 11.6. The molecule has 6 rings (SSSR count). The first-order valence-electron chi connectivity index (χ1n) is 16.2. The third kappa shape index (κ3) is 8.76. The normalized spacial score (nSPS) is 13.9. The first-order chi connectivity index (χ1) is 23.5. The molecule has 0 fully saturated rings. The Balaban J connectivity index is 0.000000191. The first kappa shape index (κ1) is 35.8. The van der Waals surface area contributed by atoms with Gasteiger partial charge in [-0.05, 0) is 42.8 Å². The van der Waals surface area contributed by atoms with E-state index in [4.69, 9.17) is 23.2 Å². The first-order valence-corrected chi connectivity index (χ1v) is 16.9. The summed E-state index contributed by atoms with van der Waals surface area (Å²) in [4.78, 5) is 40.3. The summed E-state index contributed by atoms with van der Waals surface area (Å²) in [7, 11) is 0. The van der Waals surface area contributed by atoms with Crippen molar-refractivity contribution in [3.05, 3.63) is 92.5 Å². The fourth-order valence-corrected chi connectivity index (χ4v) is 6.17. The van der Waals surface area contributed by atoms with Crippen LogP contribution in [0.3, 0.4) is 0 Å². The minimum absolute atomic E-state index is 0.0205. The van der Waals surface area contributed by atoms with Crippen molar-refractivity contribution in [1.29, 1.82) is 0 Å². The van der Waals surface area contributed by atoms with Gasteiger partial charge in [0.1, 0.15) is 11.4 Å². The number of benzene rings is 2. The topological polar surface area (TPSA) is 139 Å². The van der Waals surface area contributed by atoms with E-state index in [9.17, 15) is 23.2 Å². The van der Waals surface area contributed by atoms with Gasteiger partial charge in [-0.1, -0.05) is 55.6 Å².